The molecule has 2 aromatic rings. The van der Waals surface area contributed by atoms with E-state index in [1.807, 2.05) is 0 Å². The Morgan fingerprint density at radius 1 is 1.00 bits per heavy atom. The zero-order valence-electron chi connectivity index (χ0n) is 10.9. The highest BCUT2D eigenvalue weighted by molar-refractivity contribution is 5.79. The monoisotopic (exact) mass is 292 g/mol. The third-order valence-electron chi connectivity index (χ3n) is 2.71. The first-order valence-electron chi connectivity index (χ1n) is 5.84. The van der Waals surface area contributed by atoms with Crippen LogP contribution in [0, 0.1) is 11.6 Å². The van der Waals surface area contributed by atoms with Gasteiger partial charge in [0.15, 0.2) is 23.7 Å². The quantitative estimate of drug-likeness (QED) is 0.793. The molecule has 6 heteroatoms. The van der Waals surface area contributed by atoms with Gasteiger partial charge in [-0.2, -0.15) is 0 Å². The van der Waals surface area contributed by atoms with Crippen molar-refractivity contribution in [3.63, 3.8) is 0 Å². The molecule has 0 atom stereocenters. The molecule has 0 radical (unpaired) electrons. The van der Waals surface area contributed by atoms with Crippen molar-refractivity contribution >= 4 is 12.6 Å². The van der Waals surface area contributed by atoms with Crippen molar-refractivity contribution in [2.24, 2.45) is 0 Å². The van der Waals surface area contributed by atoms with Gasteiger partial charge in [-0.3, -0.25) is 9.59 Å². The summed E-state index contributed by atoms with van der Waals surface area (Å²) < 4.78 is 37.5. The van der Waals surface area contributed by atoms with E-state index in [4.69, 9.17) is 9.47 Å². The van der Waals surface area contributed by atoms with Gasteiger partial charge in [-0.15, -0.1) is 0 Å². The minimum absolute atomic E-state index is 0.0918. The third kappa shape index (κ3) is 3.05. The van der Waals surface area contributed by atoms with Crippen LogP contribution in [0.5, 0.6) is 17.2 Å². The lowest BCUT2D eigenvalue weighted by Gasteiger charge is -2.10. The molecule has 0 heterocycles. The van der Waals surface area contributed by atoms with Gasteiger partial charge in [0.1, 0.15) is 17.8 Å². The average molecular weight is 292 g/mol. The normalized spacial score (nSPS) is 10.0. The molecule has 0 aliphatic carbocycles. The molecule has 0 fully saturated rings. The van der Waals surface area contributed by atoms with Crippen LogP contribution in [0.3, 0.4) is 0 Å². The molecular formula is C15H10F2O4. The molecule has 2 aromatic carbocycles. The summed E-state index contributed by atoms with van der Waals surface area (Å²) in [6.07, 6.45) is 0.917. The first-order valence-corrected chi connectivity index (χ1v) is 5.84. The van der Waals surface area contributed by atoms with Gasteiger partial charge in [-0.25, -0.2) is 8.78 Å². The molecule has 0 bridgehead atoms. The van der Waals surface area contributed by atoms with Crippen LogP contribution in [0.4, 0.5) is 8.78 Å². The van der Waals surface area contributed by atoms with Gasteiger partial charge in [0.2, 0.25) is 0 Å². The first-order chi connectivity index (χ1) is 10.1. The van der Waals surface area contributed by atoms with Gasteiger partial charge >= 0.3 is 0 Å². The number of aldehydes is 2. The summed E-state index contributed by atoms with van der Waals surface area (Å²) in [4.78, 5) is 21.3. The van der Waals surface area contributed by atoms with Crippen LogP contribution in [-0.2, 0) is 0 Å². The summed E-state index contributed by atoms with van der Waals surface area (Å²) >= 11 is 0. The van der Waals surface area contributed by atoms with Crippen LogP contribution in [0.25, 0.3) is 0 Å². The van der Waals surface area contributed by atoms with Crippen LogP contribution in [0.1, 0.15) is 20.7 Å². The summed E-state index contributed by atoms with van der Waals surface area (Å²) in [5, 5.41) is 0. The molecule has 0 N–H and O–H groups in total. The van der Waals surface area contributed by atoms with Crippen molar-refractivity contribution in [2.75, 3.05) is 7.11 Å². The van der Waals surface area contributed by atoms with E-state index in [-0.39, 0.29) is 22.6 Å². The number of methoxy groups -OCH3 is 1. The molecule has 0 unspecified atom stereocenters. The molecule has 108 valence electrons. The lowest BCUT2D eigenvalue weighted by molar-refractivity contribution is 0.111. The minimum atomic E-state index is -1.00. The third-order valence-corrected chi connectivity index (χ3v) is 2.71. The van der Waals surface area contributed by atoms with Gasteiger partial charge < -0.3 is 9.47 Å². The number of hydrogen-bond acceptors (Lipinski definition) is 4. The second-order valence-corrected chi connectivity index (χ2v) is 4.06. The number of carbonyl (C=O) groups is 2. The zero-order valence-corrected chi connectivity index (χ0v) is 10.9. The Hall–Kier alpha value is -2.76. The number of halogens is 2. The average Bonchev–Trinajstić information content (AvgIpc) is 2.50. The molecule has 2 rings (SSSR count). The van der Waals surface area contributed by atoms with E-state index < -0.39 is 17.4 Å². The van der Waals surface area contributed by atoms with Crippen molar-refractivity contribution < 1.29 is 27.8 Å². The highest BCUT2D eigenvalue weighted by Crippen LogP contribution is 2.31. The first kappa shape index (κ1) is 14.6. The van der Waals surface area contributed by atoms with E-state index in [1.54, 1.807) is 0 Å². The Bertz CT molecular complexity index is 675. The van der Waals surface area contributed by atoms with Gasteiger partial charge in [0.05, 0.1) is 12.7 Å². The molecule has 21 heavy (non-hydrogen) atoms. The van der Waals surface area contributed by atoms with Crippen molar-refractivity contribution in [3.05, 3.63) is 53.1 Å². The predicted molar refractivity (Wildman–Crippen MR) is 70.2 cm³/mol. The molecule has 0 saturated heterocycles. The fraction of sp³-hybridized carbons (Fsp3) is 0.0667. The second-order valence-electron chi connectivity index (χ2n) is 4.06. The Labute approximate surface area is 118 Å². The highest BCUT2D eigenvalue weighted by atomic mass is 19.1. The predicted octanol–water partition coefficient (Wildman–Crippen LogP) is 3.39. The summed E-state index contributed by atoms with van der Waals surface area (Å²) in [7, 11) is 1.35. The van der Waals surface area contributed by atoms with Crippen LogP contribution in [0.15, 0.2) is 30.3 Å². The summed E-state index contributed by atoms with van der Waals surface area (Å²) in [5.74, 6) is -2.34. The summed E-state index contributed by atoms with van der Waals surface area (Å²) in [5.41, 5.74) is 0.147. The topological polar surface area (TPSA) is 52.6 Å². The maximum Gasteiger partial charge on any atom is 0.198 e. The SMILES string of the molecule is COc1cc(Oc2c(F)cc(C=O)cc2F)ccc1C=O. The molecule has 4 nitrogen and oxygen atoms in total. The Morgan fingerprint density at radius 3 is 2.19 bits per heavy atom. The fourth-order valence-electron chi connectivity index (χ4n) is 1.72. The van der Waals surface area contributed by atoms with Crippen molar-refractivity contribution in [1.82, 2.24) is 0 Å². The maximum absolute atomic E-state index is 13.7. The van der Waals surface area contributed by atoms with E-state index in [0.29, 0.717) is 12.6 Å². The number of carbonyl (C=O) groups excluding carboxylic acids is 2. The molecule has 0 aliphatic rings. The molecule has 0 saturated carbocycles. The second kappa shape index (κ2) is 6.13. The van der Waals surface area contributed by atoms with Crippen molar-refractivity contribution in [3.8, 4) is 17.2 Å². The Kier molecular flexibility index (Phi) is 4.27. The smallest absolute Gasteiger partial charge is 0.198 e. The number of benzene rings is 2. The lowest BCUT2D eigenvalue weighted by Crippen LogP contribution is -1.96. The lowest BCUT2D eigenvalue weighted by atomic mass is 10.2. The van der Waals surface area contributed by atoms with Crippen LogP contribution >= 0.6 is 0 Å². The number of ether oxygens (including phenoxy) is 2. The van der Waals surface area contributed by atoms with Crippen LogP contribution in [0.2, 0.25) is 0 Å². The van der Waals surface area contributed by atoms with Gasteiger partial charge in [-0.1, -0.05) is 0 Å². The largest absolute Gasteiger partial charge is 0.496 e. The standard InChI is InChI=1S/C15H10F2O4/c1-20-14-6-11(3-2-10(14)8-19)21-15-12(16)4-9(7-18)5-13(15)17/h2-8H,1H3. The Morgan fingerprint density at radius 2 is 1.67 bits per heavy atom. The van der Waals surface area contributed by atoms with Gasteiger partial charge in [0, 0.05) is 11.6 Å². The minimum Gasteiger partial charge on any atom is -0.496 e. The number of rotatable bonds is 5. The van der Waals surface area contributed by atoms with Crippen LogP contribution in [-0.4, -0.2) is 19.7 Å². The fourth-order valence-corrected chi connectivity index (χ4v) is 1.72. The molecule has 0 aliphatic heterocycles. The Balaban J connectivity index is 2.38. The van der Waals surface area contributed by atoms with Crippen LogP contribution < -0.4 is 9.47 Å². The highest BCUT2D eigenvalue weighted by Gasteiger charge is 2.14. The van der Waals surface area contributed by atoms with E-state index in [2.05, 4.69) is 0 Å². The van der Waals surface area contributed by atoms with E-state index >= 15 is 0 Å². The van der Waals surface area contributed by atoms with E-state index in [9.17, 15) is 18.4 Å². The van der Waals surface area contributed by atoms with Gasteiger partial charge in [0.25, 0.3) is 0 Å². The van der Waals surface area contributed by atoms with Gasteiger partial charge in [-0.05, 0) is 24.3 Å². The summed E-state index contributed by atoms with van der Waals surface area (Å²) in [6, 6.07) is 5.83. The molecule has 0 amide bonds. The summed E-state index contributed by atoms with van der Waals surface area (Å²) in [6.45, 7) is 0. The van der Waals surface area contributed by atoms with Crippen molar-refractivity contribution in [2.45, 2.75) is 0 Å². The molecule has 0 aromatic heterocycles. The maximum atomic E-state index is 13.7. The molecule has 0 spiro atoms. The number of hydrogen-bond donors (Lipinski definition) is 0. The zero-order chi connectivity index (χ0) is 15.4. The molecular weight excluding hydrogens is 282 g/mol. The van der Waals surface area contributed by atoms with E-state index in [0.717, 1.165) is 12.1 Å². The van der Waals surface area contributed by atoms with E-state index in [1.165, 1.54) is 25.3 Å². The van der Waals surface area contributed by atoms with Crippen molar-refractivity contribution in [1.29, 1.82) is 0 Å².